The van der Waals surface area contributed by atoms with E-state index in [2.05, 4.69) is 0 Å². The fourth-order valence-electron chi connectivity index (χ4n) is 3.78. The van der Waals surface area contributed by atoms with Crippen molar-refractivity contribution in [3.05, 3.63) is 89.5 Å². The van der Waals surface area contributed by atoms with Gasteiger partial charge >= 0.3 is 11.7 Å². The van der Waals surface area contributed by atoms with Crippen LogP contribution in [0.4, 0.5) is 32.0 Å². The van der Waals surface area contributed by atoms with Crippen molar-refractivity contribution in [2.45, 2.75) is 55.6 Å². The quantitative estimate of drug-likeness (QED) is 0.196. The van der Waals surface area contributed by atoms with Crippen LogP contribution < -0.4 is 9.64 Å². The highest BCUT2D eigenvalue weighted by molar-refractivity contribution is 8.00. The van der Waals surface area contributed by atoms with Gasteiger partial charge in [0, 0.05) is 29.7 Å². The van der Waals surface area contributed by atoms with Crippen LogP contribution in [0.5, 0.6) is 5.75 Å². The first kappa shape index (κ1) is 28.7. The largest absolute Gasteiger partial charge is 0.489 e. The number of thioether (sulfide) groups is 1. The summed E-state index contributed by atoms with van der Waals surface area (Å²) in [4.78, 5) is 1.91. The van der Waals surface area contributed by atoms with Gasteiger partial charge in [-0.3, -0.25) is 0 Å². The average Bonchev–Trinajstić information content (AvgIpc) is 2.81. The number of alkyl halides is 6. The summed E-state index contributed by atoms with van der Waals surface area (Å²) in [5, 5.41) is 10.5. The normalized spacial score (nSPS) is 12.9. The predicted molar refractivity (Wildman–Crippen MR) is 133 cm³/mol. The van der Waals surface area contributed by atoms with Gasteiger partial charge in [-0.05, 0) is 65.7 Å². The first-order valence-corrected chi connectivity index (χ1v) is 12.4. The van der Waals surface area contributed by atoms with Crippen LogP contribution in [0, 0.1) is 0 Å². The van der Waals surface area contributed by atoms with Crippen LogP contribution >= 0.6 is 11.8 Å². The van der Waals surface area contributed by atoms with Crippen molar-refractivity contribution in [1.29, 1.82) is 0 Å². The summed E-state index contributed by atoms with van der Waals surface area (Å²) < 4.78 is 83.2. The molecule has 0 bridgehead atoms. The Morgan fingerprint density at radius 2 is 1.59 bits per heavy atom. The number of nitrogens with zero attached hydrogens (tertiary/aromatic N) is 1. The molecule has 3 aromatic carbocycles. The number of benzene rings is 3. The van der Waals surface area contributed by atoms with Crippen LogP contribution in [0.15, 0.2) is 77.7 Å². The van der Waals surface area contributed by atoms with E-state index in [0.717, 1.165) is 18.6 Å². The van der Waals surface area contributed by atoms with E-state index in [1.54, 1.807) is 42.5 Å². The third kappa shape index (κ3) is 9.51. The molecular formula is C27H27F6NO2S. The van der Waals surface area contributed by atoms with Crippen LogP contribution in [0.25, 0.3) is 0 Å². The molecule has 0 aliphatic rings. The molecule has 0 aliphatic carbocycles. The van der Waals surface area contributed by atoms with Gasteiger partial charge in [0.1, 0.15) is 12.4 Å². The van der Waals surface area contributed by atoms with Crippen LogP contribution in [0.1, 0.15) is 36.5 Å². The van der Waals surface area contributed by atoms with Crippen molar-refractivity contribution in [3.63, 3.8) is 0 Å². The van der Waals surface area contributed by atoms with E-state index in [1.807, 2.05) is 11.8 Å². The Bertz CT molecular complexity index is 1150. The Balaban J connectivity index is 1.79. The Hall–Kier alpha value is -2.85. The van der Waals surface area contributed by atoms with Gasteiger partial charge in [-0.25, -0.2) is 0 Å². The smallest absolute Gasteiger partial charge is 0.446 e. The molecule has 0 amide bonds. The first-order valence-electron chi connectivity index (χ1n) is 11.6. The predicted octanol–water partition coefficient (Wildman–Crippen LogP) is 8.06. The van der Waals surface area contributed by atoms with E-state index in [1.165, 1.54) is 18.2 Å². The molecule has 200 valence electrons. The van der Waals surface area contributed by atoms with E-state index in [-0.39, 0.29) is 36.4 Å². The topological polar surface area (TPSA) is 32.7 Å². The molecule has 3 aromatic rings. The Morgan fingerprint density at radius 3 is 2.30 bits per heavy atom. The molecule has 0 saturated heterocycles. The van der Waals surface area contributed by atoms with E-state index in [0.29, 0.717) is 29.0 Å². The fourth-order valence-corrected chi connectivity index (χ4v) is 4.40. The lowest BCUT2D eigenvalue weighted by molar-refractivity contribution is -0.137. The van der Waals surface area contributed by atoms with Crippen molar-refractivity contribution in [2.24, 2.45) is 0 Å². The van der Waals surface area contributed by atoms with Gasteiger partial charge in [-0.1, -0.05) is 43.7 Å². The summed E-state index contributed by atoms with van der Waals surface area (Å²) in [7, 11) is 0. The Morgan fingerprint density at radius 1 is 0.892 bits per heavy atom. The average molecular weight is 544 g/mol. The third-order valence-corrected chi connectivity index (χ3v) is 6.12. The van der Waals surface area contributed by atoms with Crippen molar-refractivity contribution >= 4 is 17.4 Å². The summed E-state index contributed by atoms with van der Waals surface area (Å²) in [5.41, 5.74) is -3.52. The zero-order chi connectivity index (χ0) is 27.1. The minimum Gasteiger partial charge on any atom is -0.489 e. The SMILES string of the molecule is CCCC(O)CN(Cc1cccc(SC(F)(F)F)c1)c1cccc(OCc2cccc(C(F)(F)F)c2)c1. The van der Waals surface area contributed by atoms with Gasteiger partial charge in [0.05, 0.1) is 11.7 Å². The molecule has 1 N–H and O–H groups in total. The molecule has 1 unspecified atom stereocenters. The Kier molecular flexibility index (Phi) is 9.78. The molecule has 0 spiro atoms. The van der Waals surface area contributed by atoms with Gasteiger partial charge in [0.25, 0.3) is 0 Å². The number of rotatable bonds is 11. The number of ether oxygens (including phenoxy) is 1. The maximum absolute atomic E-state index is 13.0. The first-order chi connectivity index (χ1) is 17.4. The van der Waals surface area contributed by atoms with Crippen LogP contribution in [0.3, 0.4) is 0 Å². The molecule has 37 heavy (non-hydrogen) atoms. The molecule has 10 heteroatoms. The van der Waals surface area contributed by atoms with Gasteiger partial charge in [0.15, 0.2) is 0 Å². The standard InChI is InChI=1S/C27H27F6NO2S/c1-2-6-23(35)17-34(16-19-7-4-12-25(14-19)37-27(31,32)33)22-10-5-11-24(15-22)36-18-20-8-3-9-21(13-20)26(28,29)30/h3-5,7-15,23,35H,2,6,16-18H2,1H3. The maximum Gasteiger partial charge on any atom is 0.446 e. The highest BCUT2D eigenvalue weighted by atomic mass is 32.2. The molecule has 0 radical (unpaired) electrons. The summed E-state index contributed by atoms with van der Waals surface area (Å²) in [6.07, 6.45) is -3.81. The monoisotopic (exact) mass is 543 g/mol. The zero-order valence-corrected chi connectivity index (χ0v) is 20.8. The molecule has 3 nitrogen and oxygen atoms in total. The second kappa shape index (κ2) is 12.6. The van der Waals surface area contributed by atoms with E-state index in [9.17, 15) is 31.4 Å². The lowest BCUT2D eigenvalue weighted by Gasteiger charge is -2.28. The van der Waals surface area contributed by atoms with Gasteiger partial charge in [-0.15, -0.1) is 0 Å². The number of aliphatic hydroxyl groups is 1. The number of hydrogen-bond donors (Lipinski definition) is 1. The minimum atomic E-state index is -4.45. The summed E-state index contributed by atoms with van der Waals surface area (Å²) in [6.45, 7) is 2.34. The molecule has 0 heterocycles. The molecular weight excluding hydrogens is 516 g/mol. The lowest BCUT2D eigenvalue weighted by atomic mass is 10.1. The van der Waals surface area contributed by atoms with Crippen molar-refractivity contribution < 1.29 is 36.2 Å². The van der Waals surface area contributed by atoms with Crippen molar-refractivity contribution in [1.82, 2.24) is 0 Å². The fraction of sp³-hybridized carbons (Fsp3) is 0.333. The number of anilines is 1. The zero-order valence-electron chi connectivity index (χ0n) is 20.0. The van der Waals surface area contributed by atoms with E-state index in [4.69, 9.17) is 4.74 Å². The lowest BCUT2D eigenvalue weighted by Crippen LogP contribution is -2.32. The maximum atomic E-state index is 13.0. The summed E-state index contributed by atoms with van der Waals surface area (Å²) in [6, 6.07) is 17.9. The summed E-state index contributed by atoms with van der Waals surface area (Å²) in [5.74, 6) is 0.409. The summed E-state index contributed by atoms with van der Waals surface area (Å²) >= 11 is -0.189. The molecule has 0 fully saturated rings. The molecule has 1 atom stereocenters. The molecule has 3 rings (SSSR count). The van der Waals surface area contributed by atoms with E-state index < -0.39 is 23.4 Å². The number of hydrogen-bond acceptors (Lipinski definition) is 4. The Labute approximate surface area is 216 Å². The van der Waals surface area contributed by atoms with Gasteiger partial charge < -0.3 is 14.7 Å². The van der Waals surface area contributed by atoms with Crippen LogP contribution in [0.2, 0.25) is 0 Å². The second-order valence-electron chi connectivity index (χ2n) is 8.50. The van der Waals surface area contributed by atoms with Crippen molar-refractivity contribution in [3.8, 4) is 5.75 Å². The third-order valence-electron chi connectivity index (χ3n) is 5.40. The van der Waals surface area contributed by atoms with E-state index >= 15 is 0 Å². The van der Waals surface area contributed by atoms with Gasteiger partial charge in [-0.2, -0.15) is 26.3 Å². The minimum absolute atomic E-state index is 0.0669. The number of aliphatic hydroxyl groups excluding tert-OH is 1. The van der Waals surface area contributed by atoms with Crippen LogP contribution in [-0.4, -0.2) is 23.3 Å². The molecule has 0 aliphatic heterocycles. The highest BCUT2D eigenvalue weighted by Gasteiger charge is 2.30. The highest BCUT2D eigenvalue weighted by Crippen LogP contribution is 2.37. The molecule has 0 aromatic heterocycles. The van der Waals surface area contributed by atoms with Crippen molar-refractivity contribution in [2.75, 3.05) is 11.4 Å². The second-order valence-corrected chi connectivity index (χ2v) is 9.64. The van der Waals surface area contributed by atoms with Crippen LogP contribution in [-0.2, 0) is 19.3 Å². The molecule has 0 saturated carbocycles. The number of halogens is 6. The van der Waals surface area contributed by atoms with Gasteiger partial charge in [0.2, 0.25) is 0 Å².